The van der Waals surface area contributed by atoms with Gasteiger partial charge in [0.2, 0.25) is 5.82 Å². The second kappa shape index (κ2) is 10.4. The first kappa shape index (κ1) is 22.5. The van der Waals surface area contributed by atoms with Crippen molar-refractivity contribution in [2.75, 3.05) is 0 Å². The van der Waals surface area contributed by atoms with Gasteiger partial charge in [0.05, 0.1) is 12.0 Å². The molecule has 9 heteroatoms. The summed E-state index contributed by atoms with van der Waals surface area (Å²) in [5.74, 6) is 1.25. The SMILES string of the molecule is O=C(NCc1ccncc1)c1ccc(CSc2nnc(-c3ccco3)n2-c2ccc(F)cc2)cc1. The molecule has 0 radical (unpaired) electrons. The fourth-order valence-corrected chi connectivity index (χ4v) is 4.34. The van der Waals surface area contributed by atoms with Crippen LogP contribution in [0.5, 0.6) is 0 Å². The summed E-state index contributed by atoms with van der Waals surface area (Å²) in [6, 6.07) is 20.9. The van der Waals surface area contributed by atoms with Gasteiger partial charge in [-0.05, 0) is 71.8 Å². The summed E-state index contributed by atoms with van der Waals surface area (Å²) in [4.78, 5) is 16.4. The number of aromatic nitrogens is 4. The summed E-state index contributed by atoms with van der Waals surface area (Å²) in [5, 5.41) is 12.2. The molecule has 0 unspecified atom stereocenters. The minimum atomic E-state index is -0.319. The van der Waals surface area contributed by atoms with E-state index in [9.17, 15) is 9.18 Å². The van der Waals surface area contributed by atoms with Crippen LogP contribution < -0.4 is 5.32 Å². The largest absolute Gasteiger partial charge is 0.461 e. The van der Waals surface area contributed by atoms with E-state index in [1.807, 2.05) is 28.8 Å². The predicted molar refractivity (Wildman–Crippen MR) is 130 cm³/mol. The van der Waals surface area contributed by atoms with Crippen molar-refractivity contribution < 1.29 is 13.6 Å². The van der Waals surface area contributed by atoms with E-state index in [2.05, 4.69) is 20.5 Å². The third kappa shape index (κ3) is 5.30. The molecule has 1 N–H and O–H groups in total. The smallest absolute Gasteiger partial charge is 0.251 e. The van der Waals surface area contributed by atoms with Crippen LogP contribution in [0.1, 0.15) is 21.5 Å². The van der Waals surface area contributed by atoms with Crippen LogP contribution in [0.2, 0.25) is 0 Å². The number of halogens is 1. The molecule has 0 atom stereocenters. The van der Waals surface area contributed by atoms with Gasteiger partial charge in [-0.3, -0.25) is 14.3 Å². The van der Waals surface area contributed by atoms with E-state index in [0.29, 0.717) is 34.6 Å². The highest BCUT2D eigenvalue weighted by Crippen LogP contribution is 2.30. The molecule has 3 aromatic heterocycles. The van der Waals surface area contributed by atoms with E-state index in [1.54, 1.807) is 55.1 Å². The van der Waals surface area contributed by atoms with Crippen LogP contribution in [0.25, 0.3) is 17.3 Å². The fourth-order valence-electron chi connectivity index (χ4n) is 3.44. The molecule has 5 rings (SSSR count). The Labute approximate surface area is 205 Å². The molecule has 0 aliphatic heterocycles. The molecule has 3 heterocycles. The maximum Gasteiger partial charge on any atom is 0.251 e. The van der Waals surface area contributed by atoms with Crippen LogP contribution in [0.4, 0.5) is 4.39 Å². The lowest BCUT2D eigenvalue weighted by atomic mass is 10.1. The van der Waals surface area contributed by atoms with E-state index in [1.165, 1.54) is 23.9 Å². The van der Waals surface area contributed by atoms with Crippen molar-refractivity contribution >= 4 is 17.7 Å². The molecule has 1 amide bonds. The van der Waals surface area contributed by atoms with E-state index in [-0.39, 0.29) is 11.7 Å². The molecular formula is C26H20FN5O2S. The predicted octanol–water partition coefficient (Wildman–Crippen LogP) is 5.28. The van der Waals surface area contributed by atoms with Crippen LogP contribution >= 0.6 is 11.8 Å². The molecule has 35 heavy (non-hydrogen) atoms. The van der Waals surface area contributed by atoms with Crippen LogP contribution in [0, 0.1) is 5.82 Å². The number of furan rings is 1. The van der Waals surface area contributed by atoms with Gasteiger partial charge in [-0.2, -0.15) is 0 Å². The van der Waals surface area contributed by atoms with Gasteiger partial charge in [-0.1, -0.05) is 23.9 Å². The van der Waals surface area contributed by atoms with E-state index < -0.39 is 0 Å². The maximum absolute atomic E-state index is 13.5. The second-order valence-electron chi connectivity index (χ2n) is 7.62. The van der Waals surface area contributed by atoms with Crippen molar-refractivity contribution in [1.29, 1.82) is 0 Å². The van der Waals surface area contributed by atoms with Gasteiger partial charge in [-0.15, -0.1) is 10.2 Å². The Morgan fingerprint density at radius 2 is 1.71 bits per heavy atom. The van der Waals surface area contributed by atoms with Crippen LogP contribution in [-0.4, -0.2) is 25.7 Å². The van der Waals surface area contributed by atoms with E-state index >= 15 is 0 Å². The molecule has 5 aromatic rings. The molecule has 0 saturated carbocycles. The molecule has 0 aliphatic rings. The summed E-state index contributed by atoms with van der Waals surface area (Å²) in [5.41, 5.74) is 3.32. The highest BCUT2D eigenvalue weighted by molar-refractivity contribution is 7.98. The number of pyridine rings is 1. The van der Waals surface area contributed by atoms with Gasteiger partial charge >= 0.3 is 0 Å². The maximum atomic E-state index is 13.5. The van der Waals surface area contributed by atoms with E-state index in [4.69, 9.17) is 4.42 Å². The minimum Gasteiger partial charge on any atom is -0.461 e. The summed E-state index contributed by atoms with van der Waals surface area (Å²) in [6.07, 6.45) is 4.96. The van der Waals surface area contributed by atoms with Crippen molar-refractivity contribution in [3.8, 4) is 17.3 Å². The number of rotatable bonds is 8. The summed E-state index contributed by atoms with van der Waals surface area (Å²) in [7, 11) is 0. The Morgan fingerprint density at radius 1 is 0.943 bits per heavy atom. The molecule has 0 bridgehead atoms. The number of carbonyl (C=O) groups excluding carboxylic acids is 1. The zero-order valence-electron chi connectivity index (χ0n) is 18.5. The first-order valence-corrected chi connectivity index (χ1v) is 11.8. The number of benzene rings is 2. The summed E-state index contributed by atoms with van der Waals surface area (Å²) in [6.45, 7) is 0.440. The van der Waals surface area contributed by atoms with Crippen molar-refractivity contribution in [3.63, 3.8) is 0 Å². The first-order valence-electron chi connectivity index (χ1n) is 10.8. The molecule has 2 aromatic carbocycles. The minimum absolute atomic E-state index is 0.139. The molecule has 174 valence electrons. The number of thioether (sulfide) groups is 1. The fraction of sp³-hybridized carbons (Fsp3) is 0.0769. The van der Waals surface area contributed by atoms with Gasteiger partial charge in [0.25, 0.3) is 5.91 Å². The van der Waals surface area contributed by atoms with E-state index in [0.717, 1.165) is 16.8 Å². The highest BCUT2D eigenvalue weighted by atomic mass is 32.2. The Morgan fingerprint density at radius 3 is 2.43 bits per heavy atom. The zero-order chi connectivity index (χ0) is 24.0. The third-order valence-electron chi connectivity index (χ3n) is 5.25. The van der Waals surface area contributed by atoms with Crippen molar-refractivity contribution in [2.45, 2.75) is 17.5 Å². The topological polar surface area (TPSA) is 85.8 Å². The molecule has 7 nitrogen and oxygen atoms in total. The number of amides is 1. The Kier molecular flexibility index (Phi) is 6.67. The monoisotopic (exact) mass is 485 g/mol. The number of hydrogen-bond donors (Lipinski definition) is 1. The number of carbonyl (C=O) groups is 1. The van der Waals surface area contributed by atoms with Gasteiger partial charge < -0.3 is 9.73 Å². The normalized spacial score (nSPS) is 10.9. The van der Waals surface area contributed by atoms with Crippen molar-refractivity contribution in [3.05, 3.63) is 114 Å². The molecule has 0 aliphatic carbocycles. The van der Waals surface area contributed by atoms with Gasteiger partial charge in [-0.25, -0.2) is 4.39 Å². The highest BCUT2D eigenvalue weighted by Gasteiger charge is 2.18. The van der Waals surface area contributed by atoms with Crippen LogP contribution in [-0.2, 0) is 12.3 Å². The quantitative estimate of drug-likeness (QED) is 0.301. The molecular weight excluding hydrogens is 465 g/mol. The number of nitrogens with zero attached hydrogens (tertiary/aromatic N) is 4. The second-order valence-corrected chi connectivity index (χ2v) is 8.56. The van der Waals surface area contributed by atoms with Gasteiger partial charge in [0.15, 0.2) is 10.9 Å². The van der Waals surface area contributed by atoms with Gasteiger partial charge in [0.1, 0.15) is 5.82 Å². The lowest BCUT2D eigenvalue weighted by Crippen LogP contribution is -2.22. The van der Waals surface area contributed by atoms with Crippen LogP contribution in [0.3, 0.4) is 0 Å². The lowest BCUT2D eigenvalue weighted by molar-refractivity contribution is 0.0951. The standard InChI is InChI=1S/C26H20FN5O2S/c27-21-7-9-22(10-8-21)32-24(23-2-1-15-34-23)30-31-26(32)35-17-19-3-5-20(6-4-19)25(33)29-16-18-11-13-28-14-12-18/h1-15H,16-17H2,(H,29,33). The molecule has 0 fully saturated rings. The Hall–Kier alpha value is -4.24. The average molecular weight is 486 g/mol. The summed E-state index contributed by atoms with van der Waals surface area (Å²) < 4.78 is 20.9. The van der Waals surface area contributed by atoms with Crippen molar-refractivity contribution in [2.24, 2.45) is 0 Å². The third-order valence-corrected chi connectivity index (χ3v) is 6.25. The summed E-state index contributed by atoms with van der Waals surface area (Å²) >= 11 is 1.49. The van der Waals surface area contributed by atoms with Gasteiger partial charge in [0, 0.05) is 30.3 Å². The number of nitrogens with one attached hydrogen (secondary N) is 1. The zero-order valence-corrected chi connectivity index (χ0v) is 19.3. The molecule has 0 saturated heterocycles. The lowest BCUT2D eigenvalue weighted by Gasteiger charge is -2.10. The Bertz CT molecular complexity index is 1400. The van der Waals surface area contributed by atoms with Crippen LogP contribution in [0.15, 0.2) is 101 Å². The van der Waals surface area contributed by atoms with Crippen molar-refractivity contribution in [1.82, 2.24) is 25.1 Å². The molecule has 0 spiro atoms. The Balaban J connectivity index is 1.29. The average Bonchev–Trinajstić information content (AvgIpc) is 3.58. The number of hydrogen-bond acceptors (Lipinski definition) is 6. The first-order chi connectivity index (χ1) is 17.2.